The average molecular weight is 566 g/mol. The maximum atomic E-state index is 13.8. The zero-order valence-electron chi connectivity index (χ0n) is 20.2. The molecule has 0 fully saturated rings. The number of carbonyl (C=O) groups excluding carboxylic acids is 2. The average Bonchev–Trinajstić information content (AvgIpc) is 3.27. The first kappa shape index (κ1) is 24.4. The van der Waals surface area contributed by atoms with Gasteiger partial charge in [-0.25, -0.2) is 4.98 Å². The van der Waals surface area contributed by atoms with E-state index in [0.717, 1.165) is 26.9 Å². The Labute approximate surface area is 220 Å². The van der Waals surface area contributed by atoms with E-state index in [4.69, 9.17) is 4.74 Å². The Bertz CT molecular complexity index is 1570. The Balaban J connectivity index is 1.58. The smallest absolute Gasteiger partial charge is 0.267 e. The van der Waals surface area contributed by atoms with Gasteiger partial charge in [0.25, 0.3) is 11.5 Å². The van der Waals surface area contributed by atoms with Gasteiger partial charge in [0, 0.05) is 27.5 Å². The van der Waals surface area contributed by atoms with Crippen molar-refractivity contribution in [2.24, 2.45) is 0 Å². The van der Waals surface area contributed by atoms with Crippen molar-refractivity contribution >= 4 is 54.9 Å². The van der Waals surface area contributed by atoms with E-state index in [1.54, 1.807) is 39.1 Å². The molecule has 0 N–H and O–H groups in total. The predicted octanol–water partition coefficient (Wildman–Crippen LogP) is 5.64. The molecule has 184 valence electrons. The third-order valence-electron chi connectivity index (χ3n) is 6.55. The van der Waals surface area contributed by atoms with Crippen LogP contribution in [-0.4, -0.2) is 34.4 Å². The minimum absolute atomic E-state index is 0.185. The van der Waals surface area contributed by atoms with Crippen molar-refractivity contribution in [2.75, 3.05) is 11.9 Å². The zero-order chi connectivity index (χ0) is 25.7. The molecule has 1 aliphatic heterocycles. The molecule has 0 saturated heterocycles. The summed E-state index contributed by atoms with van der Waals surface area (Å²) < 4.78 is 8.02. The van der Waals surface area contributed by atoms with E-state index in [9.17, 15) is 14.4 Å². The number of ether oxygens (including phenoxy) is 1. The largest absolute Gasteiger partial charge is 0.479 e. The topological polar surface area (TPSA) is 81.5 Å². The second-order valence-corrected chi connectivity index (χ2v) is 10.8. The number of carbonyl (C=O) groups is 2. The fourth-order valence-electron chi connectivity index (χ4n) is 4.53. The highest BCUT2D eigenvalue weighted by Crippen LogP contribution is 2.38. The van der Waals surface area contributed by atoms with Crippen molar-refractivity contribution in [3.05, 3.63) is 74.1 Å². The molecule has 2 aromatic carbocycles. The lowest BCUT2D eigenvalue weighted by Gasteiger charge is -2.30. The summed E-state index contributed by atoms with van der Waals surface area (Å²) in [6, 6.07) is 12.0. The Morgan fingerprint density at radius 1 is 1.19 bits per heavy atom. The van der Waals surface area contributed by atoms with Crippen molar-refractivity contribution < 1.29 is 14.3 Å². The van der Waals surface area contributed by atoms with Gasteiger partial charge < -0.3 is 9.64 Å². The highest BCUT2D eigenvalue weighted by atomic mass is 79.9. The number of aryl methyl sites for hydroxylation is 1. The van der Waals surface area contributed by atoms with E-state index in [0.29, 0.717) is 27.2 Å². The molecule has 1 aliphatic rings. The molecule has 7 nitrogen and oxygen atoms in total. The predicted molar refractivity (Wildman–Crippen MR) is 145 cm³/mol. The van der Waals surface area contributed by atoms with Gasteiger partial charge in [-0.15, -0.1) is 11.3 Å². The first-order chi connectivity index (χ1) is 17.2. The fourth-order valence-corrected chi connectivity index (χ4v) is 5.88. The Kier molecular flexibility index (Phi) is 6.30. The van der Waals surface area contributed by atoms with E-state index < -0.39 is 12.1 Å². The fraction of sp³-hybridized carbons (Fsp3) is 0.259. The normalized spacial score (nSPS) is 16.1. The van der Waals surface area contributed by atoms with Crippen molar-refractivity contribution in [3.8, 4) is 16.9 Å². The summed E-state index contributed by atoms with van der Waals surface area (Å²) in [4.78, 5) is 47.4. The van der Waals surface area contributed by atoms with E-state index in [1.807, 2.05) is 24.3 Å². The van der Waals surface area contributed by atoms with E-state index >= 15 is 0 Å². The van der Waals surface area contributed by atoms with Crippen LogP contribution in [0.2, 0.25) is 0 Å². The van der Waals surface area contributed by atoms with Crippen molar-refractivity contribution in [3.63, 3.8) is 0 Å². The van der Waals surface area contributed by atoms with Gasteiger partial charge in [0.15, 0.2) is 11.9 Å². The zero-order valence-corrected chi connectivity index (χ0v) is 22.6. The van der Waals surface area contributed by atoms with Crippen LogP contribution in [0.4, 0.5) is 5.69 Å². The number of likely N-dealkylation sites (N-methyl/N-ethyl adjacent to an activating group) is 1. The van der Waals surface area contributed by atoms with Gasteiger partial charge >= 0.3 is 0 Å². The number of thiophene rings is 1. The molecule has 0 spiro atoms. The van der Waals surface area contributed by atoms with Crippen LogP contribution in [0.25, 0.3) is 21.3 Å². The van der Waals surface area contributed by atoms with Crippen LogP contribution in [-0.2, 0) is 11.2 Å². The summed E-state index contributed by atoms with van der Waals surface area (Å²) in [5, 5.41) is 0.527. The second kappa shape index (κ2) is 9.29. The summed E-state index contributed by atoms with van der Waals surface area (Å²) in [6.07, 6.45) is 1.63. The number of nitrogens with zero attached hydrogens (tertiary/aromatic N) is 3. The highest BCUT2D eigenvalue weighted by molar-refractivity contribution is 9.10. The number of benzene rings is 2. The molecule has 0 bridgehead atoms. The maximum absolute atomic E-state index is 13.8. The monoisotopic (exact) mass is 565 g/mol. The summed E-state index contributed by atoms with van der Waals surface area (Å²) in [7, 11) is 1.66. The molecule has 4 aromatic rings. The van der Waals surface area contributed by atoms with Gasteiger partial charge in [-0.3, -0.25) is 19.0 Å². The summed E-state index contributed by atoms with van der Waals surface area (Å²) in [5.74, 6) is 0.103. The number of anilines is 1. The third kappa shape index (κ3) is 3.96. The number of hydrogen-bond donors (Lipinski definition) is 0. The maximum Gasteiger partial charge on any atom is 0.267 e. The Morgan fingerprint density at radius 2 is 1.92 bits per heavy atom. The molecule has 0 aliphatic carbocycles. The Morgan fingerprint density at radius 3 is 2.61 bits per heavy atom. The number of halogens is 1. The number of aromatic nitrogens is 2. The SMILES string of the molecule is CCc1sc2ncn(C(C)C(=O)c3ccc4c(c3)N(C)C(=O)C(C)O4)c(=O)c2c1-c1ccc(Br)cc1. The number of amides is 1. The molecule has 5 rings (SSSR count). The molecule has 9 heteroatoms. The van der Waals surface area contributed by atoms with Gasteiger partial charge in [-0.1, -0.05) is 35.0 Å². The number of Topliss-reactive ketones (excluding diaryl/α,β-unsaturated/α-hetero) is 1. The van der Waals surface area contributed by atoms with Crippen LogP contribution in [0.5, 0.6) is 5.75 Å². The van der Waals surface area contributed by atoms with Crippen molar-refractivity contribution in [1.82, 2.24) is 9.55 Å². The molecule has 2 atom stereocenters. The standard InChI is InChI=1S/C27H24BrN3O4S/c1-5-21-22(16-6-9-18(28)10-7-16)23-25(36-21)29-13-31(27(23)34)14(2)24(32)17-8-11-20-19(12-17)30(4)26(33)15(3)35-20/h6-15H,5H2,1-4H3. The first-order valence-corrected chi connectivity index (χ1v) is 13.2. The third-order valence-corrected chi connectivity index (χ3v) is 8.32. The quantitative estimate of drug-likeness (QED) is 0.292. The minimum Gasteiger partial charge on any atom is -0.479 e. The first-order valence-electron chi connectivity index (χ1n) is 11.6. The molecule has 3 heterocycles. The second-order valence-electron chi connectivity index (χ2n) is 8.78. The summed E-state index contributed by atoms with van der Waals surface area (Å²) >= 11 is 4.97. The van der Waals surface area contributed by atoms with Gasteiger partial charge in [0.1, 0.15) is 10.6 Å². The lowest BCUT2D eigenvalue weighted by atomic mass is 10.0. The van der Waals surface area contributed by atoms with Crippen molar-refractivity contribution in [1.29, 1.82) is 0 Å². The molecule has 2 aromatic heterocycles. The molecule has 2 unspecified atom stereocenters. The van der Waals surface area contributed by atoms with Crippen LogP contribution in [0.3, 0.4) is 0 Å². The number of rotatable bonds is 5. The van der Waals surface area contributed by atoms with Crippen LogP contribution in [0.15, 0.2) is 58.1 Å². The van der Waals surface area contributed by atoms with Gasteiger partial charge in [-0.2, -0.15) is 0 Å². The Hall–Kier alpha value is -3.30. The lowest BCUT2D eigenvalue weighted by Crippen LogP contribution is -2.42. The molecular formula is C27H24BrN3O4S. The molecular weight excluding hydrogens is 542 g/mol. The van der Waals surface area contributed by atoms with Gasteiger partial charge in [-0.05, 0) is 56.2 Å². The number of ketones is 1. The van der Waals surface area contributed by atoms with Gasteiger partial charge in [0.05, 0.1) is 23.4 Å². The van der Waals surface area contributed by atoms with Crippen LogP contribution in [0.1, 0.15) is 42.0 Å². The van der Waals surface area contributed by atoms with Crippen molar-refractivity contribution in [2.45, 2.75) is 39.3 Å². The van der Waals surface area contributed by atoms with E-state index in [2.05, 4.69) is 27.8 Å². The highest BCUT2D eigenvalue weighted by Gasteiger charge is 2.30. The minimum atomic E-state index is -0.792. The van der Waals surface area contributed by atoms with Crippen LogP contribution < -0.4 is 15.2 Å². The van der Waals surface area contributed by atoms with E-state index in [1.165, 1.54) is 27.1 Å². The lowest BCUT2D eigenvalue weighted by molar-refractivity contribution is -0.125. The molecule has 1 amide bonds. The summed E-state index contributed by atoms with van der Waals surface area (Å²) in [5.41, 5.74) is 2.47. The molecule has 0 saturated carbocycles. The van der Waals surface area contributed by atoms with Gasteiger partial charge in [0.2, 0.25) is 0 Å². The summed E-state index contributed by atoms with van der Waals surface area (Å²) in [6.45, 7) is 5.44. The van der Waals surface area contributed by atoms with Crippen LogP contribution >= 0.6 is 27.3 Å². The number of hydrogen-bond acceptors (Lipinski definition) is 6. The van der Waals surface area contributed by atoms with E-state index in [-0.39, 0.29) is 17.2 Å². The molecule has 36 heavy (non-hydrogen) atoms. The van der Waals surface area contributed by atoms with Crippen LogP contribution in [0, 0.1) is 0 Å². The number of fused-ring (bicyclic) bond motifs is 2. The molecule has 0 radical (unpaired) electrons.